The molecule has 1 unspecified atom stereocenters. The van der Waals surface area contributed by atoms with E-state index in [1.165, 1.54) is 4.90 Å². The number of hydrogen-bond donors (Lipinski definition) is 1. The van der Waals surface area contributed by atoms with Gasteiger partial charge >= 0.3 is 0 Å². The van der Waals surface area contributed by atoms with E-state index in [1.54, 1.807) is 39.0 Å². The van der Waals surface area contributed by atoms with Crippen LogP contribution in [0.1, 0.15) is 20.8 Å². The van der Waals surface area contributed by atoms with Gasteiger partial charge in [0.25, 0.3) is 5.91 Å². The van der Waals surface area contributed by atoms with E-state index in [0.717, 1.165) is 0 Å². The first-order valence-electron chi connectivity index (χ1n) is 5.68. The standard InChI is InChI=1S/C13H15N3O2/c1-8-12(17)16(13(2,3)7-14)10-6-9(15)4-5-11(10)18-8/h4-6,8H,15H2,1-3H3. The van der Waals surface area contributed by atoms with E-state index in [-0.39, 0.29) is 5.91 Å². The molecule has 0 saturated heterocycles. The molecular formula is C13H15N3O2. The minimum atomic E-state index is -0.947. The second-order valence-electron chi connectivity index (χ2n) is 4.83. The number of nitrogen functional groups attached to an aromatic ring is 1. The van der Waals surface area contributed by atoms with E-state index in [0.29, 0.717) is 17.1 Å². The predicted molar refractivity (Wildman–Crippen MR) is 68.1 cm³/mol. The zero-order chi connectivity index (χ0) is 13.5. The molecule has 5 nitrogen and oxygen atoms in total. The second-order valence-corrected chi connectivity index (χ2v) is 4.83. The summed E-state index contributed by atoms with van der Waals surface area (Å²) < 4.78 is 5.51. The van der Waals surface area contributed by atoms with Gasteiger partial charge < -0.3 is 10.5 Å². The van der Waals surface area contributed by atoms with Crippen molar-refractivity contribution < 1.29 is 9.53 Å². The molecule has 94 valence electrons. The average molecular weight is 245 g/mol. The molecule has 1 aliphatic rings. The number of hydrogen-bond acceptors (Lipinski definition) is 4. The molecule has 0 aliphatic carbocycles. The maximum atomic E-state index is 12.2. The lowest BCUT2D eigenvalue weighted by atomic mass is 10.0. The molecule has 2 N–H and O–H groups in total. The second kappa shape index (κ2) is 3.91. The molecule has 2 rings (SSSR count). The lowest BCUT2D eigenvalue weighted by molar-refractivity contribution is -0.126. The Kier molecular flexibility index (Phi) is 2.66. The van der Waals surface area contributed by atoms with E-state index in [4.69, 9.17) is 10.5 Å². The van der Waals surface area contributed by atoms with Crippen LogP contribution in [0.15, 0.2) is 18.2 Å². The average Bonchev–Trinajstić information content (AvgIpc) is 2.31. The van der Waals surface area contributed by atoms with Gasteiger partial charge in [-0.3, -0.25) is 9.69 Å². The van der Waals surface area contributed by atoms with Crippen molar-refractivity contribution in [1.29, 1.82) is 5.26 Å². The number of fused-ring (bicyclic) bond motifs is 1. The monoisotopic (exact) mass is 245 g/mol. The van der Waals surface area contributed by atoms with Crippen molar-refractivity contribution in [3.8, 4) is 11.8 Å². The van der Waals surface area contributed by atoms with Gasteiger partial charge in [0.05, 0.1) is 11.8 Å². The number of rotatable bonds is 1. The molecule has 1 aliphatic heterocycles. The molecule has 0 fully saturated rings. The van der Waals surface area contributed by atoms with Crippen LogP contribution < -0.4 is 15.4 Å². The van der Waals surface area contributed by atoms with Crippen molar-refractivity contribution in [1.82, 2.24) is 0 Å². The van der Waals surface area contributed by atoms with Crippen molar-refractivity contribution in [2.45, 2.75) is 32.4 Å². The third-order valence-electron chi connectivity index (χ3n) is 2.93. The molecule has 0 aromatic heterocycles. The Morgan fingerprint density at radius 3 is 2.78 bits per heavy atom. The Morgan fingerprint density at radius 1 is 1.50 bits per heavy atom. The third kappa shape index (κ3) is 1.76. The fourth-order valence-corrected chi connectivity index (χ4v) is 1.98. The van der Waals surface area contributed by atoms with E-state index in [2.05, 4.69) is 6.07 Å². The van der Waals surface area contributed by atoms with Crippen LogP contribution in [-0.2, 0) is 4.79 Å². The summed E-state index contributed by atoms with van der Waals surface area (Å²) in [6.07, 6.45) is -0.603. The Morgan fingerprint density at radius 2 is 2.17 bits per heavy atom. The van der Waals surface area contributed by atoms with Crippen molar-refractivity contribution in [2.75, 3.05) is 10.6 Å². The summed E-state index contributed by atoms with van der Waals surface area (Å²) in [6, 6.07) is 7.21. The molecule has 1 heterocycles. The number of anilines is 2. The van der Waals surface area contributed by atoms with Crippen LogP contribution >= 0.6 is 0 Å². The molecule has 0 bridgehead atoms. The smallest absolute Gasteiger partial charge is 0.269 e. The number of carbonyl (C=O) groups is 1. The number of amides is 1. The highest BCUT2D eigenvalue weighted by molar-refractivity contribution is 6.01. The van der Waals surface area contributed by atoms with Gasteiger partial charge in [-0.15, -0.1) is 0 Å². The first-order valence-corrected chi connectivity index (χ1v) is 5.68. The maximum Gasteiger partial charge on any atom is 0.269 e. The highest BCUT2D eigenvalue weighted by atomic mass is 16.5. The van der Waals surface area contributed by atoms with Crippen molar-refractivity contribution >= 4 is 17.3 Å². The maximum absolute atomic E-state index is 12.2. The van der Waals surface area contributed by atoms with Gasteiger partial charge in [-0.25, -0.2) is 0 Å². The lowest BCUT2D eigenvalue weighted by Crippen LogP contribution is -2.54. The molecule has 0 saturated carbocycles. The normalized spacial score (nSPS) is 18.9. The number of nitrogens with zero attached hydrogens (tertiary/aromatic N) is 2. The molecule has 1 aromatic rings. The van der Waals surface area contributed by atoms with Gasteiger partial charge in [-0.05, 0) is 39.0 Å². The number of nitrogens with two attached hydrogens (primary N) is 1. The lowest BCUT2D eigenvalue weighted by Gasteiger charge is -2.39. The van der Waals surface area contributed by atoms with Crippen LogP contribution in [-0.4, -0.2) is 17.6 Å². The summed E-state index contributed by atoms with van der Waals surface area (Å²) in [6.45, 7) is 5.05. The zero-order valence-corrected chi connectivity index (χ0v) is 10.6. The summed E-state index contributed by atoms with van der Waals surface area (Å²) >= 11 is 0. The van der Waals surface area contributed by atoms with Gasteiger partial charge in [-0.1, -0.05) is 0 Å². The molecule has 0 spiro atoms. The van der Waals surface area contributed by atoms with Crippen molar-refractivity contribution in [3.63, 3.8) is 0 Å². The van der Waals surface area contributed by atoms with Gasteiger partial charge in [0.2, 0.25) is 0 Å². The quantitative estimate of drug-likeness (QED) is 0.763. The fourth-order valence-electron chi connectivity index (χ4n) is 1.98. The number of benzene rings is 1. The van der Waals surface area contributed by atoms with E-state index >= 15 is 0 Å². The summed E-state index contributed by atoms with van der Waals surface area (Å²) in [5.74, 6) is 0.333. The van der Waals surface area contributed by atoms with Gasteiger partial charge in [-0.2, -0.15) is 5.26 Å². The Labute approximate surface area is 106 Å². The van der Waals surface area contributed by atoms with Crippen molar-refractivity contribution in [2.24, 2.45) is 0 Å². The number of carbonyl (C=O) groups excluding carboxylic acids is 1. The first-order chi connectivity index (χ1) is 8.36. The highest BCUT2D eigenvalue weighted by Crippen LogP contribution is 2.39. The van der Waals surface area contributed by atoms with E-state index < -0.39 is 11.6 Å². The van der Waals surface area contributed by atoms with Gasteiger partial charge in [0, 0.05) is 5.69 Å². The molecule has 1 amide bonds. The van der Waals surface area contributed by atoms with Gasteiger partial charge in [0.15, 0.2) is 6.10 Å². The van der Waals surface area contributed by atoms with Crippen LogP contribution in [0.5, 0.6) is 5.75 Å². The fraction of sp³-hybridized carbons (Fsp3) is 0.385. The van der Waals surface area contributed by atoms with Crippen molar-refractivity contribution in [3.05, 3.63) is 18.2 Å². The highest BCUT2D eigenvalue weighted by Gasteiger charge is 2.40. The topological polar surface area (TPSA) is 79.3 Å². The molecule has 1 atom stereocenters. The predicted octanol–water partition coefficient (Wildman–Crippen LogP) is 1.68. The van der Waals surface area contributed by atoms with Gasteiger partial charge in [0.1, 0.15) is 11.3 Å². The summed E-state index contributed by atoms with van der Waals surface area (Å²) in [5.41, 5.74) is 5.86. The zero-order valence-electron chi connectivity index (χ0n) is 10.6. The van der Waals surface area contributed by atoms with Crippen LogP contribution in [0.2, 0.25) is 0 Å². The molecule has 18 heavy (non-hydrogen) atoms. The van der Waals surface area contributed by atoms with Crippen LogP contribution in [0.3, 0.4) is 0 Å². The Hall–Kier alpha value is -2.22. The Bertz CT molecular complexity index is 546. The number of nitriles is 1. The van der Waals surface area contributed by atoms with Crippen LogP contribution in [0.25, 0.3) is 0 Å². The minimum absolute atomic E-state index is 0.236. The van der Waals surface area contributed by atoms with Crippen LogP contribution in [0.4, 0.5) is 11.4 Å². The third-order valence-corrected chi connectivity index (χ3v) is 2.93. The summed E-state index contributed by atoms with van der Waals surface area (Å²) in [7, 11) is 0. The van der Waals surface area contributed by atoms with E-state index in [9.17, 15) is 10.1 Å². The summed E-state index contributed by atoms with van der Waals surface area (Å²) in [5, 5.41) is 9.23. The Balaban J connectivity index is 2.62. The molecule has 0 radical (unpaired) electrons. The minimum Gasteiger partial charge on any atom is -0.479 e. The molecular weight excluding hydrogens is 230 g/mol. The van der Waals surface area contributed by atoms with Crippen LogP contribution in [0, 0.1) is 11.3 Å². The number of ether oxygens (including phenoxy) is 1. The SMILES string of the molecule is CC1Oc2ccc(N)cc2N(C(C)(C)C#N)C1=O. The summed E-state index contributed by atoms with van der Waals surface area (Å²) in [4.78, 5) is 13.7. The largest absolute Gasteiger partial charge is 0.479 e. The molecule has 5 heteroatoms. The van der Waals surface area contributed by atoms with E-state index in [1.807, 2.05) is 0 Å². The first kappa shape index (κ1) is 12.2. The molecule has 1 aromatic carbocycles.